The van der Waals surface area contributed by atoms with Crippen molar-refractivity contribution in [3.63, 3.8) is 0 Å². The molecule has 2 amide bonds. The minimum absolute atomic E-state index is 0.0169. The topological polar surface area (TPSA) is 66.6 Å². The molecule has 1 aromatic rings. The number of nitrogens with two attached hydrogens (primary N) is 1. The predicted molar refractivity (Wildman–Crippen MR) is 82.1 cm³/mol. The molecule has 0 spiro atoms. The van der Waals surface area contributed by atoms with Gasteiger partial charge in [0.25, 0.3) is 5.91 Å². The number of amides is 2. The highest BCUT2D eigenvalue weighted by Gasteiger charge is 2.32. The molecule has 114 valence electrons. The van der Waals surface area contributed by atoms with Gasteiger partial charge in [0.1, 0.15) is 0 Å². The molecule has 2 fully saturated rings. The average molecular weight is 307 g/mol. The predicted octanol–water partition coefficient (Wildman–Crippen LogP) is 1.16. The molecule has 1 aliphatic carbocycles. The molecule has 1 saturated heterocycles. The number of carbonyl (C=O) groups is 2. The van der Waals surface area contributed by atoms with Crippen molar-refractivity contribution in [3.8, 4) is 0 Å². The summed E-state index contributed by atoms with van der Waals surface area (Å²) in [5, 5.41) is 1.91. The van der Waals surface area contributed by atoms with Crippen molar-refractivity contribution in [3.05, 3.63) is 22.4 Å². The van der Waals surface area contributed by atoms with Crippen LogP contribution >= 0.6 is 11.3 Å². The van der Waals surface area contributed by atoms with Crippen LogP contribution in [0.4, 0.5) is 0 Å². The van der Waals surface area contributed by atoms with E-state index in [1.807, 2.05) is 27.3 Å². The van der Waals surface area contributed by atoms with Gasteiger partial charge in [0.15, 0.2) is 0 Å². The van der Waals surface area contributed by atoms with Gasteiger partial charge in [-0.3, -0.25) is 9.59 Å². The highest BCUT2D eigenvalue weighted by Crippen LogP contribution is 2.33. The Labute approximate surface area is 128 Å². The van der Waals surface area contributed by atoms with Crippen LogP contribution in [0.15, 0.2) is 17.5 Å². The summed E-state index contributed by atoms with van der Waals surface area (Å²) in [5.74, 6) is 0.764. The zero-order chi connectivity index (χ0) is 14.8. The Balaban J connectivity index is 1.48. The smallest absolute Gasteiger partial charge is 0.264 e. The minimum atomic E-state index is 0.0169. The number of rotatable bonds is 4. The molecule has 6 heteroatoms. The molecule has 1 aliphatic heterocycles. The highest BCUT2D eigenvalue weighted by molar-refractivity contribution is 7.12. The molecule has 21 heavy (non-hydrogen) atoms. The van der Waals surface area contributed by atoms with Gasteiger partial charge in [-0.1, -0.05) is 6.07 Å². The van der Waals surface area contributed by atoms with E-state index in [0.717, 1.165) is 17.7 Å². The second-order valence-corrected chi connectivity index (χ2v) is 6.80. The summed E-state index contributed by atoms with van der Waals surface area (Å²) >= 11 is 1.46. The maximum absolute atomic E-state index is 12.2. The molecule has 1 aromatic heterocycles. The first-order valence-corrected chi connectivity index (χ1v) is 8.39. The SMILES string of the molecule is NC(CC(=O)N1CCN(C(=O)c2cccs2)CC1)C1CC1. The van der Waals surface area contributed by atoms with Crippen LogP contribution in [0.3, 0.4) is 0 Å². The van der Waals surface area contributed by atoms with Gasteiger partial charge < -0.3 is 15.5 Å². The number of hydrogen-bond acceptors (Lipinski definition) is 4. The molecule has 3 rings (SSSR count). The maximum Gasteiger partial charge on any atom is 0.264 e. The normalized spacial score (nSPS) is 20.4. The van der Waals surface area contributed by atoms with Crippen LogP contribution in [-0.2, 0) is 4.79 Å². The largest absolute Gasteiger partial charge is 0.339 e. The molecule has 5 nitrogen and oxygen atoms in total. The Hall–Kier alpha value is -1.40. The van der Waals surface area contributed by atoms with E-state index in [4.69, 9.17) is 5.73 Å². The van der Waals surface area contributed by atoms with Gasteiger partial charge in [-0.15, -0.1) is 11.3 Å². The summed E-state index contributed by atoms with van der Waals surface area (Å²) in [6.45, 7) is 2.46. The van der Waals surface area contributed by atoms with Crippen LogP contribution < -0.4 is 5.73 Å². The average Bonchev–Trinajstić information content (AvgIpc) is 3.22. The molecule has 0 bridgehead atoms. The van der Waals surface area contributed by atoms with Gasteiger partial charge in [0.05, 0.1) is 4.88 Å². The fourth-order valence-corrected chi connectivity index (χ4v) is 3.43. The molecule has 2 aliphatic rings. The van der Waals surface area contributed by atoms with Crippen molar-refractivity contribution in [2.75, 3.05) is 26.2 Å². The van der Waals surface area contributed by atoms with Gasteiger partial charge in [-0.05, 0) is 30.2 Å². The van der Waals surface area contributed by atoms with Crippen molar-refractivity contribution in [2.45, 2.75) is 25.3 Å². The van der Waals surface area contributed by atoms with Gasteiger partial charge in [0, 0.05) is 38.6 Å². The Bertz CT molecular complexity index is 505. The van der Waals surface area contributed by atoms with E-state index in [9.17, 15) is 9.59 Å². The van der Waals surface area contributed by atoms with E-state index in [1.165, 1.54) is 11.3 Å². The molecular weight excluding hydrogens is 286 g/mol. The van der Waals surface area contributed by atoms with E-state index >= 15 is 0 Å². The summed E-state index contributed by atoms with van der Waals surface area (Å²) in [4.78, 5) is 28.9. The first-order chi connectivity index (χ1) is 10.1. The molecule has 1 saturated carbocycles. The molecule has 0 radical (unpaired) electrons. The third-order valence-corrected chi connectivity index (χ3v) is 5.15. The highest BCUT2D eigenvalue weighted by atomic mass is 32.1. The number of nitrogens with zero attached hydrogens (tertiary/aromatic N) is 2. The second kappa shape index (κ2) is 6.15. The lowest BCUT2D eigenvalue weighted by Crippen LogP contribution is -2.51. The first kappa shape index (κ1) is 14.5. The maximum atomic E-state index is 12.2. The molecule has 2 heterocycles. The first-order valence-electron chi connectivity index (χ1n) is 7.51. The van der Waals surface area contributed by atoms with Crippen LogP contribution in [-0.4, -0.2) is 53.8 Å². The van der Waals surface area contributed by atoms with E-state index < -0.39 is 0 Å². The van der Waals surface area contributed by atoms with E-state index in [1.54, 1.807) is 0 Å². The van der Waals surface area contributed by atoms with Crippen molar-refractivity contribution < 1.29 is 9.59 Å². The summed E-state index contributed by atoms with van der Waals surface area (Å²) < 4.78 is 0. The van der Waals surface area contributed by atoms with E-state index in [-0.39, 0.29) is 17.9 Å². The van der Waals surface area contributed by atoms with Crippen molar-refractivity contribution >= 4 is 23.2 Å². The number of piperazine rings is 1. The van der Waals surface area contributed by atoms with Gasteiger partial charge in [-0.2, -0.15) is 0 Å². The number of thiophene rings is 1. The Kier molecular flexibility index (Phi) is 4.26. The molecule has 1 atom stereocenters. The van der Waals surface area contributed by atoms with Crippen LogP contribution in [0.5, 0.6) is 0 Å². The summed E-state index contributed by atoms with van der Waals surface area (Å²) in [7, 11) is 0. The second-order valence-electron chi connectivity index (χ2n) is 5.86. The van der Waals surface area contributed by atoms with Crippen molar-refractivity contribution in [1.82, 2.24) is 9.80 Å². The third-order valence-electron chi connectivity index (χ3n) is 4.29. The molecule has 1 unspecified atom stereocenters. The lowest BCUT2D eigenvalue weighted by Gasteiger charge is -2.35. The standard InChI is InChI=1S/C15H21N3O2S/c16-12(11-3-4-11)10-14(19)17-5-7-18(8-6-17)15(20)13-2-1-9-21-13/h1-2,9,11-12H,3-8,10,16H2. The number of hydrogen-bond donors (Lipinski definition) is 1. The summed E-state index contributed by atoms with van der Waals surface area (Å²) in [6, 6.07) is 3.75. The quantitative estimate of drug-likeness (QED) is 0.908. The molecule has 0 aromatic carbocycles. The molecule has 2 N–H and O–H groups in total. The fraction of sp³-hybridized carbons (Fsp3) is 0.600. The number of carbonyl (C=O) groups excluding carboxylic acids is 2. The summed E-state index contributed by atoms with van der Waals surface area (Å²) in [5.41, 5.74) is 6.02. The zero-order valence-electron chi connectivity index (χ0n) is 12.0. The third kappa shape index (κ3) is 3.44. The van der Waals surface area contributed by atoms with E-state index in [0.29, 0.717) is 38.5 Å². The zero-order valence-corrected chi connectivity index (χ0v) is 12.8. The van der Waals surface area contributed by atoms with Gasteiger partial charge >= 0.3 is 0 Å². The lowest BCUT2D eigenvalue weighted by molar-refractivity contribution is -0.133. The Morgan fingerprint density at radius 3 is 2.48 bits per heavy atom. The molecular formula is C15H21N3O2S. The van der Waals surface area contributed by atoms with E-state index in [2.05, 4.69) is 0 Å². The lowest BCUT2D eigenvalue weighted by atomic mass is 10.1. The van der Waals surface area contributed by atoms with Gasteiger partial charge in [0.2, 0.25) is 5.91 Å². The monoisotopic (exact) mass is 307 g/mol. The Morgan fingerprint density at radius 2 is 1.90 bits per heavy atom. The van der Waals surface area contributed by atoms with Crippen LogP contribution in [0, 0.1) is 5.92 Å². The van der Waals surface area contributed by atoms with Crippen LogP contribution in [0.2, 0.25) is 0 Å². The van der Waals surface area contributed by atoms with Crippen molar-refractivity contribution in [1.29, 1.82) is 0 Å². The van der Waals surface area contributed by atoms with Crippen LogP contribution in [0.1, 0.15) is 28.9 Å². The Morgan fingerprint density at radius 1 is 1.24 bits per heavy atom. The van der Waals surface area contributed by atoms with Gasteiger partial charge in [-0.25, -0.2) is 0 Å². The van der Waals surface area contributed by atoms with Crippen molar-refractivity contribution in [2.24, 2.45) is 11.7 Å². The fourth-order valence-electron chi connectivity index (χ4n) is 2.74. The summed E-state index contributed by atoms with van der Waals surface area (Å²) in [6.07, 6.45) is 2.78. The minimum Gasteiger partial charge on any atom is -0.339 e. The van der Waals surface area contributed by atoms with Crippen LogP contribution in [0.25, 0.3) is 0 Å².